The molecule has 1 atom stereocenters. The van der Waals surface area contributed by atoms with Crippen molar-refractivity contribution < 1.29 is 23.1 Å². The van der Waals surface area contributed by atoms with Crippen LogP contribution in [0.2, 0.25) is 0 Å². The van der Waals surface area contributed by atoms with Gasteiger partial charge in [-0.3, -0.25) is 4.79 Å². The average Bonchev–Trinajstić information content (AvgIpc) is 3.40. The van der Waals surface area contributed by atoms with Crippen molar-refractivity contribution in [2.24, 2.45) is 0 Å². The highest BCUT2D eigenvalue weighted by atomic mass is 32.2. The molecule has 3 aromatic rings. The normalized spacial score (nSPS) is 15.2. The van der Waals surface area contributed by atoms with E-state index in [9.17, 15) is 18.5 Å². The van der Waals surface area contributed by atoms with Crippen LogP contribution in [0.25, 0.3) is 21.0 Å². The molecule has 0 fully saturated rings. The number of carboxylic acid groups (broad SMARTS) is 1. The molecule has 0 radical (unpaired) electrons. The Morgan fingerprint density at radius 1 is 1.29 bits per heavy atom. The zero-order valence-electron chi connectivity index (χ0n) is 18.6. The van der Waals surface area contributed by atoms with Gasteiger partial charge in [-0.15, -0.1) is 11.3 Å². The summed E-state index contributed by atoms with van der Waals surface area (Å²) in [6.07, 6.45) is 2.88. The highest BCUT2D eigenvalue weighted by molar-refractivity contribution is 7.90. The second-order valence-electron chi connectivity index (χ2n) is 8.23. The summed E-state index contributed by atoms with van der Waals surface area (Å²) in [5.74, 6) is -1.84. The minimum Gasteiger partial charge on any atom is -0.489 e. The molecule has 1 heterocycles. The van der Waals surface area contributed by atoms with Crippen molar-refractivity contribution in [2.75, 3.05) is 5.75 Å². The van der Waals surface area contributed by atoms with Gasteiger partial charge in [0.2, 0.25) is 10.0 Å². The predicted octanol–water partition coefficient (Wildman–Crippen LogP) is 4.13. The molecule has 2 N–H and O–H groups in total. The average molecular weight is 498 g/mol. The fourth-order valence-corrected chi connectivity index (χ4v) is 6.19. The van der Waals surface area contributed by atoms with E-state index in [0.29, 0.717) is 24.2 Å². The third kappa shape index (κ3) is 4.97. The molecule has 34 heavy (non-hydrogen) atoms. The molecule has 1 aromatic heterocycles. The topological polar surface area (TPSA) is 129 Å². The summed E-state index contributed by atoms with van der Waals surface area (Å²) in [7, 11) is -3.94. The van der Waals surface area contributed by atoms with Crippen molar-refractivity contribution in [3.63, 3.8) is 0 Å². The van der Waals surface area contributed by atoms with Crippen LogP contribution in [0.5, 0.6) is 5.75 Å². The van der Waals surface area contributed by atoms with Gasteiger partial charge in [-0.1, -0.05) is 24.3 Å². The molecule has 1 aliphatic carbocycles. The third-order valence-corrected chi connectivity index (χ3v) is 7.73. The van der Waals surface area contributed by atoms with Crippen LogP contribution in [0.4, 0.5) is 0 Å². The summed E-state index contributed by atoms with van der Waals surface area (Å²) in [6, 6.07) is 12.8. The predicted molar refractivity (Wildman–Crippen MR) is 129 cm³/mol. The SMILES string of the molecule is CC(C)Oc1c(C#N)cccc1-c1ncc(-c2cccc3c2CCC3NS(=O)(=O)CC(=O)O)s1. The van der Waals surface area contributed by atoms with Crippen LogP contribution >= 0.6 is 11.3 Å². The van der Waals surface area contributed by atoms with E-state index in [1.165, 1.54) is 11.3 Å². The fraction of sp³-hybridized carbons (Fsp3) is 0.292. The fourth-order valence-electron chi connectivity index (χ4n) is 4.11. The van der Waals surface area contributed by atoms with Gasteiger partial charge in [-0.05, 0) is 55.5 Å². The molecule has 0 bridgehead atoms. The number of carboxylic acids is 1. The first-order valence-electron chi connectivity index (χ1n) is 10.7. The Bertz CT molecular complexity index is 1390. The molecule has 1 unspecified atom stereocenters. The Morgan fingerprint density at radius 3 is 2.74 bits per heavy atom. The number of ether oxygens (including phenoxy) is 1. The van der Waals surface area contributed by atoms with Gasteiger partial charge in [0.1, 0.15) is 16.8 Å². The number of carbonyl (C=O) groups is 1. The maximum Gasteiger partial charge on any atom is 0.320 e. The third-order valence-electron chi connectivity index (χ3n) is 5.40. The molecule has 4 rings (SSSR count). The molecule has 0 aliphatic heterocycles. The molecule has 0 saturated heterocycles. The second-order valence-corrected chi connectivity index (χ2v) is 11.0. The van der Waals surface area contributed by atoms with E-state index < -0.39 is 27.8 Å². The van der Waals surface area contributed by atoms with Crippen molar-refractivity contribution in [1.82, 2.24) is 9.71 Å². The number of benzene rings is 2. The Labute approximate surface area is 201 Å². The second kappa shape index (κ2) is 9.54. The number of thiazole rings is 1. The van der Waals surface area contributed by atoms with E-state index in [-0.39, 0.29) is 6.10 Å². The lowest BCUT2D eigenvalue weighted by Crippen LogP contribution is -2.32. The highest BCUT2D eigenvalue weighted by Crippen LogP contribution is 2.43. The summed E-state index contributed by atoms with van der Waals surface area (Å²) < 4.78 is 32.8. The zero-order valence-corrected chi connectivity index (χ0v) is 20.2. The van der Waals surface area contributed by atoms with Gasteiger partial charge < -0.3 is 9.84 Å². The summed E-state index contributed by atoms with van der Waals surface area (Å²) in [5.41, 5.74) is 4.02. The van der Waals surface area contributed by atoms with Crippen molar-refractivity contribution in [3.05, 3.63) is 59.3 Å². The molecule has 10 heteroatoms. The molecule has 0 spiro atoms. The zero-order chi connectivity index (χ0) is 24.5. The van der Waals surface area contributed by atoms with Crippen molar-refractivity contribution in [1.29, 1.82) is 5.26 Å². The van der Waals surface area contributed by atoms with Crippen LogP contribution in [0.3, 0.4) is 0 Å². The molecule has 8 nitrogen and oxygen atoms in total. The van der Waals surface area contributed by atoms with Crippen LogP contribution in [-0.4, -0.2) is 36.3 Å². The lowest BCUT2D eigenvalue weighted by atomic mass is 10.0. The number of aliphatic carboxylic acids is 1. The number of nitrogens with one attached hydrogen (secondary N) is 1. The number of nitriles is 1. The minimum atomic E-state index is -3.94. The number of fused-ring (bicyclic) bond motifs is 1. The lowest BCUT2D eigenvalue weighted by Gasteiger charge is -2.14. The monoisotopic (exact) mass is 497 g/mol. The quantitative estimate of drug-likeness (QED) is 0.479. The number of nitrogens with zero attached hydrogens (tertiary/aromatic N) is 2. The molecule has 2 aromatic carbocycles. The number of para-hydroxylation sites is 1. The molecular formula is C24H23N3O5S2. The van der Waals surface area contributed by atoms with Crippen LogP contribution in [0, 0.1) is 11.3 Å². The number of hydrogen-bond acceptors (Lipinski definition) is 7. The first-order valence-corrected chi connectivity index (χ1v) is 13.2. The molecule has 0 saturated carbocycles. The van der Waals surface area contributed by atoms with E-state index in [4.69, 9.17) is 9.84 Å². The molecule has 176 valence electrons. The summed E-state index contributed by atoms with van der Waals surface area (Å²) in [5, 5.41) is 19.1. The van der Waals surface area contributed by atoms with E-state index >= 15 is 0 Å². The van der Waals surface area contributed by atoms with Gasteiger partial charge in [0, 0.05) is 12.2 Å². The van der Waals surface area contributed by atoms with E-state index in [0.717, 1.165) is 32.1 Å². The Balaban J connectivity index is 1.68. The maximum absolute atomic E-state index is 12.1. The smallest absolute Gasteiger partial charge is 0.320 e. The van der Waals surface area contributed by atoms with Gasteiger partial charge >= 0.3 is 5.97 Å². The van der Waals surface area contributed by atoms with Gasteiger partial charge in [-0.25, -0.2) is 18.1 Å². The van der Waals surface area contributed by atoms with Crippen molar-refractivity contribution >= 4 is 27.3 Å². The van der Waals surface area contributed by atoms with Gasteiger partial charge in [0.15, 0.2) is 5.75 Å². The minimum absolute atomic E-state index is 0.105. The maximum atomic E-state index is 12.1. The van der Waals surface area contributed by atoms with E-state index in [2.05, 4.69) is 15.8 Å². The van der Waals surface area contributed by atoms with Gasteiger partial charge in [0.05, 0.1) is 22.1 Å². The lowest BCUT2D eigenvalue weighted by molar-refractivity contribution is -0.134. The summed E-state index contributed by atoms with van der Waals surface area (Å²) in [4.78, 5) is 16.4. The number of sulfonamides is 1. The highest BCUT2D eigenvalue weighted by Gasteiger charge is 2.30. The summed E-state index contributed by atoms with van der Waals surface area (Å²) in [6.45, 7) is 3.80. The Morgan fingerprint density at radius 2 is 2.03 bits per heavy atom. The van der Waals surface area contributed by atoms with Crippen LogP contribution in [0.15, 0.2) is 42.6 Å². The number of rotatable bonds is 8. The van der Waals surface area contributed by atoms with Crippen molar-refractivity contribution in [3.8, 4) is 32.8 Å². The van der Waals surface area contributed by atoms with Gasteiger partial charge in [-0.2, -0.15) is 5.26 Å². The van der Waals surface area contributed by atoms with Crippen molar-refractivity contribution in [2.45, 2.75) is 38.8 Å². The number of aromatic nitrogens is 1. The van der Waals surface area contributed by atoms with E-state index in [1.54, 1.807) is 18.3 Å². The first kappa shape index (κ1) is 23.9. The molecule has 1 aliphatic rings. The Kier molecular flexibility index (Phi) is 6.70. The van der Waals surface area contributed by atoms with Crippen LogP contribution < -0.4 is 9.46 Å². The van der Waals surface area contributed by atoms with Crippen LogP contribution in [0.1, 0.15) is 43.0 Å². The number of hydrogen-bond donors (Lipinski definition) is 2. The molecular weight excluding hydrogens is 474 g/mol. The van der Waals surface area contributed by atoms with E-state index in [1.807, 2.05) is 38.1 Å². The van der Waals surface area contributed by atoms with Crippen LogP contribution in [-0.2, 0) is 21.2 Å². The first-order chi connectivity index (χ1) is 16.2. The van der Waals surface area contributed by atoms with Gasteiger partial charge in [0.25, 0.3) is 0 Å². The largest absolute Gasteiger partial charge is 0.489 e. The Hall–Kier alpha value is -3.26. The summed E-state index contributed by atoms with van der Waals surface area (Å²) >= 11 is 1.47. The standard InChI is InChI=1S/C24H23N3O5S2/c1-14(2)32-23-15(11-25)5-3-8-19(23)24-26-12-21(33-24)18-7-4-6-17-16(18)9-10-20(17)27-34(30,31)13-22(28)29/h3-8,12,14,20,27H,9-10,13H2,1-2H3,(H,28,29). The molecule has 0 amide bonds.